The van der Waals surface area contributed by atoms with Gasteiger partial charge in [0.1, 0.15) is 5.82 Å². The molecule has 0 amide bonds. The molecule has 42 heavy (non-hydrogen) atoms. The molecule has 6 rings (SSSR count). The standard InChI is InChI=1S/C26H32ClN5O.C5H11N.C2H6O/c1-4-18-14-32(15-19(5-2)28-18)25-20-12-13-31(16-22(20)29-26(30-25)33-3)23-11-7-9-17-8-6-10-21(27)24(17)23;1-6-4-2-3-5-6;1-3-2/h6-11,18-19,28H,4-5,12-16H2,1-3H3;2-5H2,1H3;1-2H3. The molecule has 4 heterocycles. The third kappa shape index (κ3) is 7.84. The summed E-state index contributed by atoms with van der Waals surface area (Å²) in [6.07, 6.45) is 5.93. The summed E-state index contributed by atoms with van der Waals surface area (Å²) in [5.41, 5.74) is 3.46. The Hall–Kier alpha value is -2.65. The highest BCUT2D eigenvalue weighted by molar-refractivity contribution is 6.36. The van der Waals surface area contributed by atoms with E-state index >= 15 is 0 Å². The zero-order chi connectivity index (χ0) is 30.1. The van der Waals surface area contributed by atoms with Crippen molar-refractivity contribution in [3.05, 3.63) is 52.7 Å². The van der Waals surface area contributed by atoms with Gasteiger partial charge in [0.2, 0.25) is 0 Å². The molecule has 0 radical (unpaired) electrons. The number of anilines is 2. The van der Waals surface area contributed by atoms with Crippen molar-refractivity contribution in [3.63, 3.8) is 0 Å². The maximum Gasteiger partial charge on any atom is 0.318 e. The predicted octanol–water partition coefficient (Wildman–Crippen LogP) is 5.80. The first kappa shape index (κ1) is 32.3. The molecule has 2 atom stereocenters. The van der Waals surface area contributed by atoms with Crippen molar-refractivity contribution in [1.29, 1.82) is 0 Å². The molecular weight excluding hydrogens is 548 g/mol. The third-order valence-electron chi connectivity index (χ3n) is 8.35. The molecule has 0 spiro atoms. The Morgan fingerprint density at radius 1 is 0.905 bits per heavy atom. The first-order valence-electron chi connectivity index (χ1n) is 15.4. The summed E-state index contributed by atoms with van der Waals surface area (Å²) in [7, 11) is 7.07. The van der Waals surface area contributed by atoms with E-state index in [2.05, 4.69) is 69.9 Å². The molecule has 230 valence electrons. The minimum absolute atomic E-state index is 0.446. The van der Waals surface area contributed by atoms with Gasteiger partial charge in [-0.1, -0.05) is 49.7 Å². The van der Waals surface area contributed by atoms with Crippen molar-refractivity contribution < 1.29 is 9.47 Å². The maximum absolute atomic E-state index is 6.63. The van der Waals surface area contributed by atoms with Crippen molar-refractivity contribution in [2.24, 2.45) is 0 Å². The monoisotopic (exact) mass is 596 g/mol. The van der Waals surface area contributed by atoms with Crippen LogP contribution in [0.1, 0.15) is 50.8 Å². The number of likely N-dealkylation sites (tertiary alicyclic amines) is 1. The van der Waals surface area contributed by atoms with Gasteiger partial charge >= 0.3 is 6.01 Å². The Kier molecular flexibility index (Phi) is 12.1. The summed E-state index contributed by atoms with van der Waals surface area (Å²) < 4.78 is 9.79. The van der Waals surface area contributed by atoms with Gasteiger partial charge in [-0.2, -0.15) is 9.97 Å². The fourth-order valence-electron chi connectivity index (χ4n) is 6.07. The van der Waals surface area contributed by atoms with Gasteiger partial charge < -0.3 is 29.5 Å². The van der Waals surface area contributed by atoms with Crippen LogP contribution in [0, 0.1) is 0 Å². The normalized spacial score (nSPS) is 20.4. The molecule has 2 saturated heterocycles. The van der Waals surface area contributed by atoms with Gasteiger partial charge in [0.05, 0.1) is 24.4 Å². The van der Waals surface area contributed by atoms with E-state index in [1.165, 1.54) is 31.5 Å². The Morgan fingerprint density at radius 2 is 1.55 bits per heavy atom. The fraction of sp³-hybridized carbons (Fsp3) is 0.576. The Balaban J connectivity index is 0.000000390. The van der Waals surface area contributed by atoms with Crippen LogP contribution < -0.4 is 19.9 Å². The predicted molar refractivity (Wildman–Crippen MR) is 175 cm³/mol. The second-order valence-electron chi connectivity index (χ2n) is 11.4. The fourth-order valence-corrected chi connectivity index (χ4v) is 6.35. The van der Waals surface area contributed by atoms with Gasteiger partial charge in [-0.15, -0.1) is 0 Å². The Morgan fingerprint density at radius 3 is 2.12 bits per heavy atom. The van der Waals surface area contributed by atoms with Crippen LogP contribution in [0.2, 0.25) is 5.02 Å². The summed E-state index contributed by atoms with van der Waals surface area (Å²) in [6.45, 7) is 10.7. The van der Waals surface area contributed by atoms with Gasteiger partial charge in [-0.05, 0) is 69.8 Å². The van der Waals surface area contributed by atoms with Crippen molar-refractivity contribution in [2.75, 3.05) is 70.9 Å². The van der Waals surface area contributed by atoms with Gasteiger partial charge in [-0.25, -0.2) is 0 Å². The average molecular weight is 597 g/mol. The number of hydrogen-bond acceptors (Lipinski definition) is 8. The summed E-state index contributed by atoms with van der Waals surface area (Å²) >= 11 is 6.63. The number of ether oxygens (including phenoxy) is 2. The zero-order valence-electron chi connectivity index (χ0n) is 26.3. The summed E-state index contributed by atoms with van der Waals surface area (Å²) in [6, 6.07) is 13.9. The van der Waals surface area contributed by atoms with Gasteiger partial charge in [-0.3, -0.25) is 0 Å². The lowest BCUT2D eigenvalue weighted by Crippen LogP contribution is -2.56. The average Bonchev–Trinajstić information content (AvgIpc) is 3.51. The van der Waals surface area contributed by atoms with E-state index in [1.807, 2.05) is 12.1 Å². The minimum atomic E-state index is 0.446. The largest absolute Gasteiger partial charge is 0.467 e. The molecule has 3 aromatic rings. The summed E-state index contributed by atoms with van der Waals surface area (Å²) in [5.74, 6) is 1.05. The molecule has 3 aliphatic rings. The first-order chi connectivity index (χ1) is 20.4. The molecule has 0 bridgehead atoms. The quantitative estimate of drug-likeness (QED) is 0.397. The van der Waals surface area contributed by atoms with Crippen LogP contribution in [0.15, 0.2) is 36.4 Å². The highest BCUT2D eigenvalue weighted by atomic mass is 35.5. The summed E-state index contributed by atoms with van der Waals surface area (Å²) in [5, 5.41) is 6.82. The molecule has 0 aliphatic carbocycles. The van der Waals surface area contributed by atoms with Crippen LogP contribution in [-0.4, -0.2) is 88.1 Å². The first-order valence-corrected chi connectivity index (χ1v) is 15.8. The van der Waals surface area contributed by atoms with Crippen LogP contribution >= 0.6 is 11.6 Å². The van der Waals surface area contributed by atoms with E-state index < -0.39 is 0 Å². The highest BCUT2D eigenvalue weighted by Crippen LogP contribution is 2.37. The van der Waals surface area contributed by atoms with Gasteiger partial charge in [0.15, 0.2) is 0 Å². The topological polar surface area (TPSA) is 66.0 Å². The molecule has 2 unspecified atom stereocenters. The number of halogens is 1. The number of methoxy groups -OCH3 is 2. The molecular formula is C33H49ClN6O2. The van der Waals surface area contributed by atoms with E-state index in [9.17, 15) is 0 Å². The maximum atomic E-state index is 6.63. The number of piperazine rings is 1. The van der Waals surface area contributed by atoms with Crippen LogP contribution in [0.25, 0.3) is 10.8 Å². The number of hydrogen-bond donors (Lipinski definition) is 1. The van der Waals surface area contributed by atoms with E-state index in [0.717, 1.165) is 71.9 Å². The molecule has 0 saturated carbocycles. The molecule has 3 aliphatic heterocycles. The van der Waals surface area contributed by atoms with E-state index in [4.69, 9.17) is 26.3 Å². The van der Waals surface area contributed by atoms with Crippen molar-refractivity contribution >= 4 is 33.9 Å². The number of rotatable bonds is 5. The van der Waals surface area contributed by atoms with Crippen LogP contribution in [-0.2, 0) is 17.7 Å². The number of aromatic nitrogens is 2. The number of fused-ring (bicyclic) bond motifs is 2. The lowest BCUT2D eigenvalue weighted by molar-refractivity contribution is 0.277. The van der Waals surface area contributed by atoms with E-state index in [1.54, 1.807) is 21.3 Å². The minimum Gasteiger partial charge on any atom is -0.467 e. The number of nitrogens with zero attached hydrogens (tertiary/aromatic N) is 5. The van der Waals surface area contributed by atoms with Gasteiger partial charge in [0, 0.05) is 62.6 Å². The van der Waals surface area contributed by atoms with Crippen LogP contribution in [0.3, 0.4) is 0 Å². The molecule has 8 nitrogen and oxygen atoms in total. The second kappa shape index (κ2) is 15.7. The van der Waals surface area contributed by atoms with E-state index in [0.29, 0.717) is 24.6 Å². The van der Waals surface area contributed by atoms with Gasteiger partial charge in [0.25, 0.3) is 0 Å². The summed E-state index contributed by atoms with van der Waals surface area (Å²) in [4.78, 5) is 16.8. The molecule has 2 aromatic carbocycles. The number of benzene rings is 2. The highest BCUT2D eigenvalue weighted by Gasteiger charge is 2.31. The van der Waals surface area contributed by atoms with E-state index in [-0.39, 0.29) is 0 Å². The van der Waals surface area contributed by atoms with Crippen LogP contribution in [0.4, 0.5) is 11.5 Å². The molecule has 1 N–H and O–H groups in total. The smallest absolute Gasteiger partial charge is 0.318 e. The second-order valence-corrected chi connectivity index (χ2v) is 11.9. The van der Waals surface area contributed by atoms with Crippen molar-refractivity contribution in [3.8, 4) is 6.01 Å². The lowest BCUT2D eigenvalue weighted by atomic mass is 10.00. The van der Waals surface area contributed by atoms with Crippen molar-refractivity contribution in [2.45, 2.75) is 64.6 Å². The zero-order valence-corrected chi connectivity index (χ0v) is 27.1. The Bertz CT molecular complexity index is 1270. The molecule has 9 heteroatoms. The Labute approximate surface area is 257 Å². The molecule has 2 fully saturated rings. The SMILES string of the molecule is CCC1CN(c2nc(OC)nc3c2CCN(c2cccc4cccc(Cl)c24)C3)CC(CC)N1.CN1CCCC1.COC. The third-order valence-corrected chi connectivity index (χ3v) is 8.66. The number of nitrogens with one attached hydrogen (secondary N) is 1. The van der Waals surface area contributed by atoms with Crippen molar-refractivity contribution in [1.82, 2.24) is 20.2 Å². The molecule has 1 aromatic heterocycles. The van der Waals surface area contributed by atoms with Crippen LogP contribution in [0.5, 0.6) is 6.01 Å². The lowest BCUT2D eigenvalue weighted by Gasteiger charge is -2.41.